The average Bonchev–Trinajstić information content (AvgIpc) is 1.94. The first-order chi connectivity index (χ1) is 46.2. The maximum atomic E-state index is 12.9. The number of carbonyl (C=O) groups excluding carboxylic acids is 3. The van der Waals surface area contributed by atoms with Gasteiger partial charge in [-0.25, -0.2) is 9.13 Å². The molecule has 0 aliphatic rings. The van der Waals surface area contributed by atoms with Gasteiger partial charge in [-0.1, -0.05) is 250 Å². The third-order valence-electron chi connectivity index (χ3n) is 14.5. The molecule has 0 heterocycles. The molecule has 5 unspecified atom stereocenters. The highest BCUT2D eigenvalue weighted by molar-refractivity contribution is 7.47. The molecule has 0 aromatic rings. The quantitative estimate of drug-likeness (QED) is 0.0146. The Bertz CT molecular complexity index is 2310. The minimum atomic E-state index is -4.95. The van der Waals surface area contributed by atoms with E-state index in [4.69, 9.17) is 32.3 Å². The lowest BCUT2D eigenvalue weighted by Crippen LogP contribution is -2.30. The number of rotatable bonds is 67. The van der Waals surface area contributed by atoms with Crippen molar-refractivity contribution >= 4 is 33.6 Å². The number of allylic oxidation sites excluding steroid dienone is 24. The Hall–Kier alpha value is -4.57. The lowest BCUT2D eigenvalue weighted by atomic mass is 10.1. The zero-order valence-electron chi connectivity index (χ0n) is 58.8. The Morgan fingerprint density at radius 3 is 0.916 bits per heavy atom. The van der Waals surface area contributed by atoms with Gasteiger partial charge in [-0.2, -0.15) is 0 Å². The summed E-state index contributed by atoms with van der Waals surface area (Å²) in [6, 6.07) is 0. The van der Waals surface area contributed by atoms with E-state index in [9.17, 15) is 43.5 Å². The van der Waals surface area contributed by atoms with Crippen LogP contribution in [0.1, 0.15) is 265 Å². The van der Waals surface area contributed by atoms with E-state index < -0.39 is 91.5 Å². The smallest absolute Gasteiger partial charge is 0.463 e. The van der Waals surface area contributed by atoms with Crippen molar-refractivity contribution in [3.05, 3.63) is 146 Å². The maximum Gasteiger partial charge on any atom is 0.472 e. The van der Waals surface area contributed by atoms with E-state index in [0.29, 0.717) is 25.7 Å². The summed E-state index contributed by atoms with van der Waals surface area (Å²) in [5.41, 5.74) is 0. The molecule has 0 amide bonds. The first-order valence-electron chi connectivity index (χ1n) is 36.1. The van der Waals surface area contributed by atoms with Gasteiger partial charge in [-0.05, 0) is 141 Å². The van der Waals surface area contributed by atoms with E-state index >= 15 is 0 Å². The summed E-state index contributed by atoms with van der Waals surface area (Å²) in [6.07, 6.45) is 83.2. The standard InChI is InChI=1S/C77H128O16P2/c1-4-7-10-13-16-19-22-25-28-31-33-34-35-36-38-41-42-45-48-51-54-57-60-63-75(80)87-66-72(78)67-89-94(83,84)90-68-73(79)69-91-95(85,86)92-71-74(93-77(82)65-62-59-56-53-50-47-44-39-30-27-24-21-18-15-12-9-6-3)70-88-76(81)64-61-58-55-52-49-46-43-40-37-32-29-26-23-20-17-14-11-8-5-2/h9,12,16-21,25-30,33-34,36-38,40,44,47,53,56,72-74,78-79H,4-8,10-11,13-15,22-24,31-32,35,39,41-43,45-46,48-52,54-55,57-71H2,1-3H3,(H,83,84)(H,85,86)/b12-9-,19-16-,20-17-,21-18-,28-25-,29-26-,30-27-,34-33-,38-36-,40-37-,47-44-,56-53-. The van der Waals surface area contributed by atoms with Crippen LogP contribution in [-0.2, 0) is 55.8 Å². The van der Waals surface area contributed by atoms with Gasteiger partial charge in [0.05, 0.1) is 26.4 Å². The summed E-state index contributed by atoms with van der Waals surface area (Å²) in [5, 5.41) is 20.6. The summed E-state index contributed by atoms with van der Waals surface area (Å²) in [7, 11) is -9.82. The molecule has 0 rings (SSSR count). The zero-order chi connectivity index (χ0) is 69.5. The largest absolute Gasteiger partial charge is 0.472 e. The molecule has 0 spiro atoms. The van der Waals surface area contributed by atoms with Crippen LogP contribution in [0.4, 0.5) is 0 Å². The number of carbonyl (C=O) groups is 3. The van der Waals surface area contributed by atoms with Crippen molar-refractivity contribution in [1.29, 1.82) is 0 Å². The summed E-state index contributed by atoms with van der Waals surface area (Å²) in [5.74, 6) is -1.68. The number of aliphatic hydroxyl groups is 2. The third-order valence-corrected chi connectivity index (χ3v) is 16.4. The van der Waals surface area contributed by atoms with Crippen LogP contribution in [0.25, 0.3) is 0 Å². The molecule has 0 aliphatic heterocycles. The summed E-state index contributed by atoms with van der Waals surface area (Å²) in [4.78, 5) is 58.5. The molecule has 0 aromatic carbocycles. The van der Waals surface area contributed by atoms with E-state index in [-0.39, 0.29) is 19.3 Å². The molecular weight excluding hydrogens is 1240 g/mol. The molecule has 0 bridgehead atoms. The number of hydrogen-bond donors (Lipinski definition) is 4. The molecule has 0 fully saturated rings. The van der Waals surface area contributed by atoms with Crippen LogP contribution in [0, 0.1) is 0 Å². The van der Waals surface area contributed by atoms with Gasteiger partial charge in [-0.15, -0.1) is 0 Å². The van der Waals surface area contributed by atoms with Gasteiger partial charge in [0.2, 0.25) is 0 Å². The van der Waals surface area contributed by atoms with Gasteiger partial charge in [0.15, 0.2) is 6.10 Å². The van der Waals surface area contributed by atoms with Crippen LogP contribution < -0.4 is 0 Å². The predicted molar refractivity (Wildman–Crippen MR) is 389 cm³/mol. The minimum Gasteiger partial charge on any atom is -0.463 e. The van der Waals surface area contributed by atoms with Crippen molar-refractivity contribution in [2.75, 3.05) is 39.6 Å². The topological polar surface area (TPSA) is 231 Å². The molecule has 18 heteroatoms. The first-order valence-corrected chi connectivity index (χ1v) is 39.1. The fourth-order valence-electron chi connectivity index (χ4n) is 9.01. The van der Waals surface area contributed by atoms with Crippen molar-refractivity contribution in [3.63, 3.8) is 0 Å². The highest BCUT2D eigenvalue weighted by atomic mass is 31.2. The molecular formula is C77H128O16P2. The van der Waals surface area contributed by atoms with Crippen LogP contribution in [0.2, 0.25) is 0 Å². The Kier molecular flexibility index (Phi) is 66.0. The molecule has 0 aliphatic carbocycles. The van der Waals surface area contributed by atoms with E-state index in [1.54, 1.807) is 0 Å². The first kappa shape index (κ1) is 90.4. The molecule has 0 saturated heterocycles. The van der Waals surface area contributed by atoms with Gasteiger partial charge in [0.1, 0.15) is 25.4 Å². The summed E-state index contributed by atoms with van der Waals surface area (Å²) >= 11 is 0. The van der Waals surface area contributed by atoms with Gasteiger partial charge >= 0.3 is 33.6 Å². The highest BCUT2D eigenvalue weighted by Gasteiger charge is 2.29. The normalized spacial score (nSPS) is 15.0. The number of aliphatic hydroxyl groups excluding tert-OH is 2. The van der Waals surface area contributed by atoms with Crippen molar-refractivity contribution in [3.8, 4) is 0 Å². The monoisotopic (exact) mass is 1370 g/mol. The molecule has 542 valence electrons. The molecule has 5 atom stereocenters. The molecule has 4 N–H and O–H groups in total. The van der Waals surface area contributed by atoms with Crippen molar-refractivity contribution in [2.45, 2.75) is 283 Å². The number of esters is 3. The third kappa shape index (κ3) is 70.6. The zero-order valence-corrected chi connectivity index (χ0v) is 60.6. The van der Waals surface area contributed by atoms with Crippen LogP contribution in [0.3, 0.4) is 0 Å². The Morgan fingerprint density at radius 2 is 0.568 bits per heavy atom. The fraction of sp³-hybridized carbons (Fsp3) is 0.649. The Balaban J connectivity index is 4.73. The Morgan fingerprint density at radius 1 is 0.305 bits per heavy atom. The SMILES string of the molecule is CC/C=C\C/C=C\C/C=C\C/C=C\C/C=C\CCCC(=O)OC(COC(=O)CCCCCCCC/C=C\C/C=C\C/C=C\CCCCC)COP(=O)(O)OCC(O)COP(=O)(O)OCC(O)COC(=O)CCCCCCCCC/C=C\C/C=C\C/C=C\C/C=C\CCCCC. The predicted octanol–water partition coefficient (Wildman–Crippen LogP) is 20.5. The molecule has 95 heavy (non-hydrogen) atoms. The second-order valence-corrected chi connectivity index (χ2v) is 26.6. The molecule has 0 aromatic heterocycles. The van der Waals surface area contributed by atoms with Gasteiger partial charge in [-0.3, -0.25) is 32.5 Å². The van der Waals surface area contributed by atoms with Crippen LogP contribution >= 0.6 is 15.6 Å². The molecule has 0 saturated carbocycles. The van der Waals surface area contributed by atoms with E-state index in [0.717, 1.165) is 154 Å². The van der Waals surface area contributed by atoms with Crippen LogP contribution in [0.5, 0.6) is 0 Å². The number of hydrogen-bond acceptors (Lipinski definition) is 14. The second-order valence-electron chi connectivity index (χ2n) is 23.6. The Labute approximate surface area is 575 Å². The summed E-state index contributed by atoms with van der Waals surface area (Å²) in [6.45, 7) is 2.39. The van der Waals surface area contributed by atoms with E-state index in [2.05, 4.69) is 154 Å². The highest BCUT2D eigenvalue weighted by Crippen LogP contribution is 2.45. The van der Waals surface area contributed by atoms with Crippen LogP contribution in [-0.4, -0.2) is 95.9 Å². The lowest BCUT2D eigenvalue weighted by molar-refractivity contribution is -0.161. The van der Waals surface area contributed by atoms with E-state index in [1.165, 1.54) is 44.9 Å². The maximum absolute atomic E-state index is 12.9. The average molecular weight is 1370 g/mol. The lowest BCUT2D eigenvalue weighted by Gasteiger charge is -2.21. The van der Waals surface area contributed by atoms with Gasteiger partial charge < -0.3 is 34.2 Å². The fourth-order valence-corrected chi connectivity index (χ4v) is 10.6. The van der Waals surface area contributed by atoms with Gasteiger partial charge in [0, 0.05) is 19.3 Å². The minimum absolute atomic E-state index is 0.0181. The van der Waals surface area contributed by atoms with Gasteiger partial charge in [0.25, 0.3) is 0 Å². The number of unbranched alkanes of at least 4 members (excludes halogenated alkanes) is 20. The van der Waals surface area contributed by atoms with E-state index in [1.807, 2.05) is 12.2 Å². The number of ether oxygens (including phenoxy) is 3. The molecule has 0 radical (unpaired) electrons. The number of phosphoric ester groups is 2. The van der Waals surface area contributed by atoms with Crippen molar-refractivity contribution < 1.29 is 75.8 Å². The number of phosphoric acid groups is 2. The summed E-state index contributed by atoms with van der Waals surface area (Å²) < 4.78 is 60.9. The molecule has 16 nitrogen and oxygen atoms in total. The van der Waals surface area contributed by atoms with Crippen molar-refractivity contribution in [2.24, 2.45) is 0 Å². The van der Waals surface area contributed by atoms with Crippen molar-refractivity contribution in [1.82, 2.24) is 0 Å². The second kappa shape index (κ2) is 69.3. The van der Waals surface area contributed by atoms with Crippen LogP contribution in [0.15, 0.2) is 146 Å².